The minimum absolute atomic E-state index is 0. The molecule has 1 aromatic heterocycles. The van der Waals surface area contributed by atoms with Crippen LogP contribution in [0.25, 0.3) is 0 Å². The van der Waals surface area contributed by atoms with Gasteiger partial charge in [0.15, 0.2) is 5.96 Å². The van der Waals surface area contributed by atoms with Crippen LogP contribution in [0.3, 0.4) is 0 Å². The van der Waals surface area contributed by atoms with Gasteiger partial charge in [-0.05, 0) is 30.9 Å². The Balaban J connectivity index is 0.00000300. The highest BCUT2D eigenvalue weighted by Gasteiger charge is 2.15. The van der Waals surface area contributed by atoms with Crippen molar-refractivity contribution in [3.8, 4) is 0 Å². The normalized spacial score (nSPS) is 16.5. The number of aromatic nitrogens is 3. The molecule has 1 unspecified atom stereocenters. The molecule has 9 heteroatoms. The zero-order chi connectivity index (χ0) is 19.6. The lowest BCUT2D eigenvalue weighted by molar-refractivity contribution is 0.117. The average Bonchev–Trinajstić information content (AvgIpc) is 3.38. The number of nitrogens with zero attached hydrogens (tertiary/aromatic N) is 4. The van der Waals surface area contributed by atoms with Crippen LogP contribution in [-0.4, -0.2) is 53.1 Å². The van der Waals surface area contributed by atoms with E-state index in [0.717, 1.165) is 44.2 Å². The second kappa shape index (κ2) is 12.7. The van der Waals surface area contributed by atoms with E-state index < -0.39 is 0 Å². The molecule has 0 bridgehead atoms. The van der Waals surface area contributed by atoms with Gasteiger partial charge in [-0.15, -0.1) is 34.2 Å². The highest BCUT2D eigenvalue weighted by molar-refractivity contribution is 14.0. The van der Waals surface area contributed by atoms with E-state index in [4.69, 9.17) is 4.74 Å². The van der Waals surface area contributed by atoms with Gasteiger partial charge < -0.3 is 19.9 Å². The number of nitrogens with one attached hydrogen (secondary N) is 2. The van der Waals surface area contributed by atoms with Crippen LogP contribution in [0.5, 0.6) is 0 Å². The van der Waals surface area contributed by atoms with Gasteiger partial charge in [0.2, 0.25) is 0 Å². The van der Waals surface area contributed by atoms with E-state index in [9.17, 15) is 4.39 Å². The Hall–Kier alpha value is -1.75. The lowest BCUT2D eigenvalue weighted by atomic mass is 10.1. The van der Waals surface area contributed by atoms with E-state index >= 15 is 0 Å². The fourth-order valence-corrected chi connectivity index (χ4v) is 3.21. The lowest BCUT2D eigenvalue weighted by Gasteiger charge is -2.15. The Morgan fingerprint density at radius 2 is 2.14 bits per heavy atom. The summed E-state index contributed by atoms with van der Waals surface area (Å²) in [6, 6.07) is 6.86. The summed E-state index contributed by atoms with van der Waals surface area (Å²) >= 11 is 0. The number of guanidine groups is 1. The SMILES string of the molecule is CCc1nncn1CCNC(=NCC1CCCO1)NCCc1ccccc1F.I. The highest BCUT2D eigenvalue weighted by Crippen LogP contribution is 2.11. The minimum Gasteiger partial charge on any atom is -0.376 e. The molecule has 0 amide bonds. The van der Waals surface area contributed by atoms with E-state index in [2.05, 4.69) is 32.7 Å². The Labute approximate surface area is 188 Å². The molecule has 0 spiro atoms. The average molecular weight is 516 g/mol. The fourth-order valence-electron chi connectivity index (χ4n) is 3.21. The van der Waals surface area contributed by atoms with Gasteiger partial charge in [-0.3, -0.25) is 4.99 Å². The van der Waals surface area contributed by atoms with Crippen LogP contribution in [0.1, 0.15) is 31.2 Å². The lowest BCUT2D eigenvalue weighted by Crippen LogP contribution is -2.40. The number of aliphatic imine (C=N–C) groups is 1. The van der Waals surface area contributed by atoms with Crippen molar-refractivity contribution >= 4 is 29.9 Å². The molecule has 0 saturated carbocycles. The van der Waals surface area contributed by atoms with Crippen molar-refractivity contribution in [1.82, 2.24) is 25.4 Å². The molecule has 2 N–H and O–H groups in total. The number of ether oxygens (including phenoxy) is 1. The number of aryl methyl sites for hydroxylation is 1. The van der Waals surface area contributed by atoms with E-state index in [-0.39, 0.29) is 35.9 Å². The molecule has 0 radical (unpaired) electrons. The molecule has 1 aliphatic rings. The Kier molecular flexibility index (Phi) is 10.3. The third-order valence-corrected chi connectivity index (χ3v) is 4.78. The van der Waals surface area contributed by atoms with Crippen molar-refractivity contribution < 1.29 is 9.13 Å². The van der Waals surface area contributed by atoms with Gasteiger partial charge in [0.05, 0.1) is 12.6 Å². The van der Waals surface area contributed by atoms with Gasteiger partial charge in [-0.25, -0.2) is 4.39 Å². The van der Waals surface area contributed by atoms with Crippen molar-refractivity contribution in [2.24, 2.45) is 4.99 Å². The predicted molar refractivity (Wildman–Crippen MR) is 122 cm³/mol. The van der Waals surface area contributed by atoms with Crippen LogP contribution in [0.4, 0.5) is 4.39 Å². The first-order chi connectivity index (χ1) is 13.8. The molecule has 2 aromatic rings. The molecule has 1 aliphatic heterocycles. The van der Waals surface area contributed by atoms with Crippen molar-refractivity contribution in [3.05, 3.63) is 47.8 Å². The maximum atomic E-state index is 13.8. The standard InChI is InChI=1S/C20H29FN6O.HI/c1-2-19-26-25-15-27(19)12-11-23-20(24-14-17-7-5-13-28-17)22-10-9-16-6-3-4-8-18(16)21;/h3-4,6,8,15,17H,2,5,7,9-14H2,1H3,(H2,22,23,24);1H. The summed E-state index contributed by atoms with van der Waals surface area (Å²) in [5.41, 5.74) is 0.700. The van der Waals surface area contributed by atoms with Crippen LogP contribution in [0.2, 0.25) is 0 Å². The molecule has 1 saturated heterocycles. The van der Waals surface area contributed by atoms with Crippen LogP contribution >= 0.6 is 24.0 Å². The van der Waals surface area contributed by atoms with E-state index in [1.807, 2.05) is 16.7 Å². The first-order valence-corrected chi connectivity index (χ1v) is 10.00. The summed E-state index contributed by atoms with van der Waals surface area (Å²) in [6.45, 7) is 5.56. The molecule has 7 nitrogen and oxygen atoms in total. The van der Waals surface area contributed by atoms with E-state index in [0.29, 0.717) is 31.6 Å². The minimum atomic E-state index is -0.171. The van der Waals surface area contributed by atoms with Gasteiger partial charge in [0.1, 0.15) is 18.0 Å². The Morgan fingerprint density at radius 1 is 1.31 bits per heavy atom. The molecular formula is C20H30FIN6O. The van der Waals surface area contributed by atoms with Crippen LogP contribution in [0.15, 0.2) is 35.6 Å². The number of hydrogen-bond donors (Lipinski definition) is 2. The summed E-state index contributed by atoms with van der Waals surface area (Å²) in [5, 5.41) is 14.7. The van der Waals surface area contributed by atoms with Crippen LogP contribution < -0.4 is 10.6 Å². The third kappa shape index (κ3) is 7.54. The van der Waals surface area contributed by atoms with Gasteiger partial charge in [-0.2, -0.15) is 0 Å². The molecule has 1 fully saturated rings. The smallest absolute Gasteiger partial charge is 0.191 e. The van der Waals surface area contributed by atoms with Crippen LogP contribution in [0, 0.1) is 5.82 Å². The largest absolute Gasteiger partial charge is 0.376 e. The molecule has 2 heterocycles. The van der Waals surface area contributed by atoms with Crippen molar-refractivity contribution in [2.75, 3.05) is 26.2 Å². The van der Waals surface area contributed by atoms with E-state index in [1.165, 1.54) is 6.07 Å². The molecule has 29 heavy (non-hydrogen) atoms. The summed E-state index contributed by atoms with van der Waals surface area (Å²) in [4.78, 5) is 4.66. The molecular weight excluding hydrogens is 486 g/mol. The van der Waals surface area contributed by atoms with Crippen LogP contribution in [-0.2, 0) is 24.1 Å². The fraction of sp³-hybridized carbons (Fsp3) is 0.550. The summed E-state index contributed by atoms with van der Waals surface area (Å²) in [5.74, 6) is 1.51. The zero-order valence-electron chi connectivity index (χ0n) is 16.8. The zero-order valence-corrected chi connectivity index (χ0v) is 19.1. The Bertz CT molecular complexity index is 763. The van der Waals surface area contributed by atoms with Crippen molar-refractivity contribution in [1.29, 1.82) is 0 Å². The Morgan fingerprint density at radius 3 is 2.90 bits per heavy atom. The van der Waals surface area contributed by atoms with Gasteiger partial charge >= 0.3 is 0 Å². The first kappa shape index (κ1) is 23.5. The maximum Gasteiger partial charge on any atom is 0.191 e. The van der Waals surface area contributed by atoms with Crippen molar-refractivity contribution in [3.63, 3.8) is 0 Å². The molecule has 3 rings (SSSR count). The quantitative estimate of drug-likeness (QED) is 0.305. The predicted octanol–water partition coefficient (Wildman–Crippen LogP) is 2.55. The number of hydrogen-bond acceptors (Lipinski definition) is 4. The monoisotopic (exact) mass is 516 g/mol. The molecule has 1 aromatic carbocycles. The van der Waals surface area contributed by atoms with E-state index in [1.54, 1.807) is 12.4 Å². The van der Waals surface area contributed by atoms with Gasteiger partial charge in [-0.1, -0.05) is 25.1 Å². The summed E-state index contributed by atoms with van der Waals surface area (Å²) in [7, 11) is 0. The molecule has 160 valence electrons. The topological polar surface area (TPSA) is 76.4 Å². The summed E-state index contributed by atoms with van der Waals surface area (Å²) in [6.07, 6.45) is 5.52. The second-order valence-corrected chi connectivity index (χ2v) is 6.81. The number of benzene rings is 1. The molecule has 0 aliphatic carbocycles. The maximum absolute atomic E-state index is 13.8. The van der Waals surface area contributed by atoms with Crippen molar-refractivity contribution in [2.45, 2.75) is 45.3 Å². The second-order valence-electron chi connectivity index (χ2n) is 6.81. The summed E-state index contributed by atoms with van der Waals surface area (Å²) < 4.78 is 21.5. The first-order valence-electron chi connectivity index (χ1n) is 10.00. The number of halogens is 2. The highest BCUT2D eigenvalue weighted by atomic mass is 127. The van der Waals surface area contributed by atoms with Gasteiger partial charge in [0, 0.05) is 32.7 Å². The molecule has 1 atom stereocenters. The van der Waals surface area contributed by atoms with Gasteiger partial charge in [0.25, 0.3) is 0 Å². The number of rotatable bonds is 9. The third-order valence-electron chi connectivity index (χ3n) is 4.78.